The number of nitrogens with two attached hydrogens (primary N) is 3. The predicted molar refractivity (Wildman–Crippen MR) is 135 cm³/mol. The third-order valence-electron chi connectivity index (χ3n) is 5.29. The highest BCUT2D eigenvalue weighted by Crippen LogP contribution is 2.07. The molecular formula is C23H35N7O8. The fourth-order valence-electron chi connectivity index (χ4n) is 3.26. The number of nitrogens with one attached hydrogen (secondary N) is 3. The number of hydrogen-bond donors (Lipinski definition) is 9. The lowest BCUT2D eigenvalue weighted by atomic mass is 10.0. The van der Waals surface area contributed by atoms with Crippen molar-refractivity contribution in [3.63, 3.8) is 0 Å². The zero-order chi connectivity index (χ0) is 28.7. The van der Waals surface area contributed by atoms with E-state index in [1.807, 2.05) is 0 Å². The number of carboxylic acid groups (broad SMARTS) is 2. The molecule has 0 aliphatic rings. The Bertz CT molecular complexity index is 985. The van der Waals surface area contributed by atoms with Gasteiger partial charge in [-0.15, -0.1) is 0 Å². The molecule has 15 heteroatoms. The van der Waals surface area contributed by atoms with Crippen LogP contribution in [0.2, 0.25) is 0 Å². The molecule has 1 rings (SSSR count). The molecule has 0 aromatic heterocycles. The Kier molecular flexibility index (Phi) is 13.8. The molecular weight excluding hydrogens is 502 g/mol. The van der Waals surface area contributed by atoms with Crippen LogP contribution in [0, 0.1) is 0 Å². The minimum Gasteiger partial charge on any atom is -0.481 e. The Morgan fingerprint density at radius 2 is 1.42 bits per heavy atom. The summed E-state index contributed by atoms with van der Waals surface area (Å²) in [5.74, 6) is -5.29. The number of carboxylic acids is 2. The second-order valence-corrected chi connectivity index (χ2v) is 8.38. The van der Waals surface area contributed by atoms with Crippen LogP contribution in [0.1, 0.15) is 31.2 Å². The number of carbonyl (C=O) groups is 5. The minimum absolute atomic E-state index is 0.000197. The topological polar surface area (TPSA) is 273 Å². The van der Waals surface area contributed by atoms with Gasteiger partial charge in [0.25, 0.3) is 0 Å². The largest absolute Gasteiger partial charge is 0.481 e. The maximum Gasteiger partial charge on any atom is 0.326 e. The molecule has 0 aliphatic carbocycles. The number of aliphatic imine (C=N–C) groups is 1. The van der Waals surface area contributed by atoms with Gasteiger partial charge >= 0.3 is 11.9 Å². The number of carbonyl (C=O) groups excluding carboxylic acids is 3. The Hall–Kier alpha value is -4.24. The van der Waals surface area contributed by atoms with Crippen molar-refractivity contribution in [3.8, 4) is 0 Å². The number of aliphatic hydroxyl groups excluding tert-OH is 1. The lowest BCUT2D eigenvalue weighted by Gasteiger charge is -2.25. The molecule has 210 valence electrons. The highest BCUT2D eigenvalue weighted by molar-refractivity contribution is 5.94. The second kappa shape index (κ2) is 16.5. The molecule has 0 fully saturated rings. The Labute approximate surface area is 218 Å². The Balaban J connectivity index is 3.10. The summed E-state index contributed by atoms with van der Waals surface area (Å²) in [5, 5.41) is 34.8. The molecule has 15 nitrogen and oxygen atoms in total. The van der Waals surface area contributed by atoms with Gasteiger partial charge in [-0.05, 0) is 24.8 Å². The first-order valence-electron chi connectivity index (χ1n) is 11.8. The average molecular weight is 538 g/mol. The second-order valence-electron chi connectivity index (χ2n) is 8.38. The molecule has 0 heterocycles. The fraction of sp³-hybridized carbons (Fsp3) is 0.478. The molecule has 0 aliphatic heterocycles. The van der Waals surface area contributed by atoms with Crippen LogP contribution in [0.3, 0.4) is 0 Å². The number of aliphatic carboxylic acids is 2. The normalized spacial score (nSPS) is 13.7. The monoisotopic (exact) mass is 537 g/mol. The van der Waals surface area contributed by atoms with Crippen molar-refractivity contribution >= 4 is 35.6 Å². The molecule has 0 saturated carbocycles. The van der Waals surface area contributed by atoms with E-state index in [9.17, 15) is 29.1 Å². The Morgan fingerprint density at radius 1 is 0.842 bits per heavy atom. The van der Waals surface area contributed by atoms with Gasteiger partial charge in [0.2, 0.25) is 17.7 Å². The molecule has 38 heavy (non-hydrogen) atoms. The third kappa shape index (κ3) is 12.1. The molecule has 0 radical (unpaired) electrons. The molecule has 4 unspecified atom stereocenters. The molecule has 1 aromatic rings. The Morgan fingerprint density at radius 3 is 1.97 bits per heavy atom. The highest BCUT2D eigenvalue weighted by Gasteiger charge is 2.30. The van der Waals surface area contributed by atoms with Crippen molar-refractivity contribution in [1.29, 1.82) is 0 Å². The number of nitrogens with zero attached hydrogens (tertiary/aromatic N) is 1. The number of amides is 3. The van der Waals surface area contributed by atoms with Crippen molar-refractivity contribution in [2.45, 2.75) is 56.3 Å². The van der Waals surface area contributed by atoms with E-state index in [0.29, 0.717) is 5.56 Å². The lowest BCUT2D eigenvalue weighted by Crippen LogP contribution is -2.58. The molecule has 4 atom stereocenters. The summed E-state index contributed by atoms with van der Waals surface area (Å²) < 4.78 is 0. The fourth-order valence-corrected chi connectivity index (χ4v) is 3.26. The number of rotatable bonds is 17. The standard InChI is InChI=1S/C23H35N7O8/c24-14(12-31)19(34)28-15(8-9-18(32)33)20(35)30-17(11-13-5-2-1-3-6-13)21(36)29-16(22(37)38)7-4-10-27-23(25)26/h1-3,5-6,14-17,31H,4,7-12,24H2,(H,28,34)(H,29,36)(H,30,35)(H,32,33)(H,37,38)(H4,25,26,27). The van der Waals surface area contributed by atoms with Gasteiger partial charge in [-0.25, -0.2) is 4.79 Å². The first-order chi connectivity index (χ1) is 17.9. The highest BCUT2D eigenvalue weighted by atomic mass is 16.4. The number of aliphatic hydroxyl groups is 1. The third-order valence-corrected chi connectivity index (χ3v) is 5.29. The summed E-state index contributed by atoms with van der Waals surface area (Å²) >= 11 is 0. The van der Waals surface area contributed by atoms with Gasteiger partial charge in [0.15, 0.2) is 5.96 Å². The van der Waals surface area contributed by atoms with Gasteiger partial charge in [-0.2, -0.15) is 0 Å². The molecule has 0 spiro atoms. The zero-order valence-corrected chi connectivity index (χ0v) is 20.7. The van der Waals surface area contributed by atoms with Crippen molar-refractivity contribution < 1.29 is 39.3 Å². The van der Waals surface area contributed by atoms with Gasteiger partial charge in [-0.3, -0.25) is 24.2 Å². The summed E-state index contributed by atoms with van der Waals surface area (Å²) in [6.45, 7) is -0.564. The van der Waals surface area contributed by atoms with E-state index in [1.165, 1.54) is 0 Å². The molecule has 0 saturated heterocycles. The smallest absolute Gasteiger partial charge is 0.326 e. The van der Waals surface area contributed by atoms with Gasteiger partial charge in [0.05, 0.1) is 6.61 Å². The summed E-state index contributed by atoms with van der Waals surface area (Å²) in [5.41, 5.74) is 16.6. The summed E-state index contributed by atoms with van der Waals surface area (Å²) in [7, 11) is 0. The van der Waals surface area contributed by atoms with Crippen LogP contribution in [0.25, 0.3) is 0 Å². The van der Waals surface area contributed by atoms with Crippen LogP contribution >= 0.6 is 0 Å². The van der Waals surface area contributed by atoms with Gasteiger partial charge in [-0.1, -0.05) is 30.3 Å². The molecule has 3 amide bonds. The number of hydrogen-bond acceptors (Lipinski definition) is 8. The zero-order valence-electron chi connectivity index (χ0n) is 20.7. The lowest BCUT2D eigenvalue weighted by molar-refractivity contribution is -0.142. The first kappa shape index (κ1) is 31.8. The van der Waals surface area contributed by atoms with Crippen molar-refractivity contribution in [2.75, 3.05) is 13.2 Å². The van der Waals surface area contributed by atoms with Crippen LogP contribution in [0.5, 0.6) is 0 Å². The summed E-state index contributed by atoms with van der Waals surface area (Å²) in [4.78, 5) is 64.8. The van der Waals surface area contributed by atoms with E-state index in [2.05, 4.69) is 20.9 Å². The van der Waals surface area contributed by atoms with Crippen LogP contribution in [0.4, 0.5) is 0 Å². The number of guanidine groups is 1. The van der Waals surface area contributed by atoms with E-state index in [1.54, 1.807) is 30.3 Å². The van der Waals surface area contributed by atoms with E-state index in [0.717, 1.165) is 0 Å². The van der Waals surface area contributed by atoms with Crippen molar-refractivity contribution in [2.24, 2.45) is 22.2 Å². The van der Waals surface area contributed by atoms with Gasteiger partial charge in [0.1, 0.15) is 24.2 Å². The molecule has 0 bridgehead atoms. The summed E-state index contributed by atoms with van der Waals surface area (Å²) in [6.07, 6.45) is -0.597. The van der Waals surface area contributed by atoms with Crippen molar-refractivity contribution in [3.05, 3.63) is 35.9 Å². The SMILES string of the molecule is NC(N)=NCCCC(NC(=O)C(Cc1ccccc1)NC(=O)C(CCC(=O)O)NC(=O)C(N)CO)C(=O)O. The number of benzene rings is 1. The van der Waals surface area contributed by atoms with Crippen LogP contribution < -0.4 is 33.2 Å². The van der Waals surface area contributed by atoms with Gasteiger partial charge < -0.3 is 48.5 Å². The van der Waals surface area contributed by atoms with E-state index in [4.69, 9.17) is 27.4 Å². The first-order valence-corrected chi connectivity index (χ1v) is 11.8. The minimum atomic E-state index is -1.39. The van der Waals surface area contributed by atoms with E-state index in [-0.39, 0.29) is 38.2 Å². The maximum absolute atomic E-state index is 13.1. The van der Waals surface area contributed by atoms with E-state index >= 15 is 0 Å². The maximum atomic E-state index is 13.1. The predicted octanol–water partition coefficient (Wildman–Crippen LogP) is -2.99. The molecule has 12 N–H and O–H groups in total. The van der Waals surface area contributed by atoms with Crippen LogP contribution in [-0.4, -0.2) is 88.3 Å². The average Bonchev–Trinajstić information content (AvgIpc) is 2.87. The van der Waals surface area contributed by atoms with Crippen LogP contribution in [0.15, 0.2) is 35.3 Å². The van der Waals surface area contributed by atoms with Crippen LogP contribution in [-0.2, 0) is 30.4 Å². The van der Waals surface area contributed by atoms with Gasteiger partial charge in [0, 0.05) is 19.4 Å². The van der Waals surface area contributed by atoms with E-state index < -0.39 is 66.9 Å². The quantitative estimate of drug-likeness (QED) is 0.0548. The molecule has 1 aromatic carbocycles. The summed E-state index contributed by atoms with van der Waals surface area (Å²) in [6, 6.07) is 3.23. The van der Waals surface area contributed by atoms with Crippen molar-refractivity contribution in [1.82, 2.24) is 16.0 Å².